The van der Waals surface area contributed by atoms with Gasteiger partial charge in [0.05, 0.1) is 10.7 Å². The van der Waals surface area contributed by atoms with Gasteiger partial charge in [-0.1, -0.05) is 27.5 Å². The second-order valence-electron chi connectivity index (χ2n) is 7.66. The summed E-state index contributed by atoms with van der Waals surface area (Å²) < 4.78 is 52.8. The van der Waals surface area contributed by atoms with Crippen molar-refractivity contribution in [1.29, 1.82) is 0 Å². The number of benzene rings is 1. The fourth-order valence-electron chi connectivity index (χ4n) is 3.33. The first-order valence-electron chi connectivity index (χ1n) is 10.3. The molecule has 2 aromatic heterocycles. The maximum absolute atomic E-state index is 13.1. The molecule has 0 saturated heterocycles. The number of carbonyl (C=O) groups excluding carboxylic acids is 1. The third-order valence-corrected chi connectivity index (χ3v) is 5.98. The second kappa shape index (κ2) is 9.80. The van der Waals surface area contributed by atoms with E-state index in [9.17, 15) is 18.0 Å². The van der Waals surface area contributed by atoms with Gasteiger partial charge in [0.15, 0.2) is 11.5 Å². The minimum Gasteiger partial charge on any atom is -0.486 e. The van der Waals surface area contributed by atoms with Crippen LogP contribution >= 0.6 is 27.5 Å². The van der Waals surface area contributed by atoms with Crippen LogP contribution in [-0.2, 0) is 19.3 Å². The summed E-state index contributed by atoms with van der Waals surface area (Å²) in [5, 5.41) is 6.07. The maximum Gasteiger partial charge on any atom is 0.436 e. The van der Waals surface area contributed by atoms with Crippen molar-refractivity contribution in [3.8, 4) is 5.75 Å². The Morgan fingerprint density at radius 2 is 1.97 bits per heavy atom. The third kappa shape index (κ3) is 5.92. The van der Waals surface area contributed by atoms with Gasteiger partial charge >= 0.3 is 6.18 Å². The fourth-order valence-corrected chi connectivity index (χ4v) is 3.99. The second-order valence-corrected chi connectivity index (χ2v) is 8.95. The van der Waals surface area contributed by atoms with Gasteiger partial charge in [0.25, 0.3) is 5.91 Å². The van der Waals surface area contributed by atoms with Crippen LogP contribution in [-0.4, -0.2) is 22.2 Å². The van der Waals surface area contributed by atoms with Crippen LogP contribution in [0, 0.1) is 0 Å². The number of aromatic nitrogens is 2. The Morgan fingerprint density at radius 3 is 2.64 bits per heavy atom. The van der Waals surface area contributed by atoms with E-state index in [1.54, 1.807) is 24.3 Å². The number of rotatable bonds is 9. The summed E-state index contributed by atoms with van der Waals surface area (Å²) in [5.41, 5.74) is -0.625. The Hall–Kier alpha value is -2.46. The zero-order chi connectivity index (χ0) is 23.6. The van der Waals surface area contributed by atoms with Crippen molar-refractivity contribution in [1.82, 2.24) is 15.1 Å². The molecule has 0 bridgehead atoms. The molecule has 4 rings (SSSR count). The van der Waals surface area contributed by atoms with Gasteiger partial charge in [0.2, 0.25) is 0 Å². The molecule has 6 nitrogen and oxygen atoms in total. The smallest absolute Gasteiger partial charge is 0.436 e. The molecule has 0 unspecified atom stereocenters. The number of alkyl halides is 3. The molecule has 0 spiro atoms. The zero-order valence-electron chi connectivity index (χ0n) is 17.3. The van der Waals surface area contributed by atoms with Gasteiger partial charge in [0, 0.05) is 23.5 Å². The van der Waals surface area contributed by atoms with Crippen molar-refractivity contribution >= 4 is 33.4 Å². The Labute approximate surface area is 201 Å². The van der Waals surface area contributed by atoms with Crippen LogP contribution in [0.1, 0.15) is 52.9 Å². The van der Waals surface area contributed by atoms with Gasteiger partial charge in [-0.3, -0.25) is 9.48 Å². The maximum atomic E-state index is 13.1. The summed E-state index contributed by atoms with van der Waals surface area (Å²) in [6.45, 7) is 0.625. The quantitative estimate of drug-likeness (QED) is 0.325. The molecule has 1 aromatic carbocycles. The van der Waals surface area contributed by atoms with E-state index in [2.05, 4.69) is 26.3 Å². The van der Waals surface area contributed by atoms with Gasteiger partial charge in [0.1, 0.15) is 18.1 Å². The van der Waals surface area contributed by atoms with E-state index in [-0.39, 0.29) is 36.4 Å². The van der Waals surface area contributed by atoms with Gasteiger partial charge in [-0.2, -0.15) is 18.3 Å². The van der Waals surface area contributed by atoms with Crippen molar-refractivity contribution in [3.63, 3.8) is 0 Å². The van der Waals surface area contributed by atoms with Crippen LogP contribution in [0.4, 0.5) is 13.2 Å². The van der Waals surface area contributed by atoms with E-state index in [1.165, 1.54) is 4.68 Å². The van der Waals surface area contributed by atoms with Gasteiger partial charge in [-0.05, 0) is 55.7 Å². The number of ether oxygens (including phenoxy) is 1. The lowest BCUT2D eigenvalue weighted by atomic mass is 10.2. The number of carbonyl (C=O) groups is 1. The highest BCUT2D eigenvalue weighted by Gasteiger charge is 2.41. The van der Waals surface area contributed by atoms with E-state index in [4.69, 9.17) is 20.8 Å². The summed E-state index contributed by atoms with van der Waals surface area (Å²) in [6.07, 6.45) is -2.61. The molecule has 2 heterocycles. The first-order chi connectivity index (χ1) is 15.7. The molecule has 11 heteroatoms. The number of furan rings is 1. The SMILES string of the molecule is O=C(NCCCn1nc(C(F)(F)F)c(Cl)c1C1CC1)c1ccc(COc2ccc(Br)cc2)o1. The number of hydrogen-bond acceptors (Lipinski definition) is 4. The molecule has 176 valence electrons. The summed E-state index contributed by atoms with van der Waals surface area (Å²) in [4.78, 5) is 12.3. The highest BCUT2D eigenvalue weighted by atomic mass is 79.9. The molecule has 3 aromatic rings. The molecule has 1 saturated carbocycles. The van der Waals surface area contributed by atoms with Crippen LogP contribution in [0.3, 0.4) is 0 Å². The molecule has 1 aliphatic carbocycles. The fraction of sp³-hybridized carbons (Fsp3) is 0.364. The number of nitrogens with one attached hydrogen (secondary N) is 1. The van der Waals surface area contributed by atoms with E-state index in [0.717, 1.165) is 17.3 Å². The first kappa shape index (κ1) is 23.7. The predicted octanol–water partition coefficient (Wildman–Crippen LogP) is 6.19. The topological polar surface area (TPSA) is 69.3 Å². The lowest BCUT2D eigenvalue weighted by Gasteiger charge is -2.08. The van der Waals surface area contributed by atoms with E-state index < -0.39 is 17.8 Å². The summed E-state index contributed by atoms with van der Waals surface area (Å²) in [7, 11) is 0. The predicted molar refractivity (Wildman–Crippen MR) is 118 cm³/mol. The van der Waals surface area contributed by atoms with Crippen molar-refractivity contribution < 1.29 is 27.1 Å². The minimum atomic E-state index is -4.60. The average Bonchev–Trinajstić information content (AvgIpc) is 3.37. The third-order valence-electron chi connectivity index (χ3n) is 5.08. The lowest BCUT2D eigenvalue weighted by molar-refractivity contribution is -0.141. The van der Waals surface area contributed by atoms with Crippen molar-refractivity contribution in [2.24, 2.45) is 0 Å². The lowest BCUT2D eigenvalue weighted by Crippen LogP contribution is -2.25. The molecule has 1 N–H and O–H groups in total. The monoisotopic (exact) mass is 545 g/mol. The van der Waals surface area contributed by atoms with Crippen LogP contribution in [0.2, 0.25) is 5.02 Å². The van der Waals surface area contributed by atoms with Gasteiger partial charge in [-0.15, -0.1) is 0 Å². The zero-order valence-corrected chi connectivity index (χ0v) is 19.6. The van der Waals surface area contributed by atoms with Crippen molar-refractivity contribution in [2.75, 3.05) is 6.54 Å². The van der Waals surface area contributed by atoms with Crippen LogP contribution in [0.25, 0.3) is 0 Å². The number of amides is 1. The minimum absolute atomic E-state index is 0.0110. The van der Waals surface area contributed by atoms with Gasteiger partial charge < -0.3 is 14.5 Å². The standard InChI is InChI=1S/C22H20BrClF3N3O3/c23-14-4-6-15(7-5-14)32-12-16-8-9-17(33-16)21(31)28-10-1-11-30-19(13-2-3-13)18(24)20(29-30)22(25,26)27/h4-9,13H,1-3,10-12H2,(H,28,31). The summed E-state index contributed by atoms with van der Waals surface area (Å²) in [5.74, 6) is 0.879. The highest BCUT2D eigenvalue weighted by Crippen LogP contribution is 2.46. The Bertz CT molecular complexity index is 1120. The normalized spacial score (nSPS) is 13.8. The molecule has 1 amide bonds. The van der Waals surface area contributed by atoms with Crippen LogP contribution in [0.5, 0.6) is 5.75 Å². The van der Waals surface area contributed by atoms with Crippen molar-refractivity contribution in [3.05, 3.63) is 68.8 Å². The Kier molecular flexibility index (Phi) is 7.04. The van der Waals surface area contributed by atoms with Crippen LogP contribution < -0.4 is 10.1 Å². The molecule has 1 aliphatic rings. The molecule has 1 fully saturated rings. The van der Waals surface area contributed by atoms with Gasteiger partial charge in [-0.25, -0.2) is 0 Å². The largest absolute Gasteiger partial charge is 0.486 e. The summed E-state index contributed by atoms with van der Waals surface area (Å²) in [6, 6.07) is 10.5. The van der Waals surface area contributed by atoms with E-state index in [1.807, 2.05) is 12.1 Å². The molecule has 33 heavy (non-hydrogen) atoms. The molecule has 0 atom stereocenters. The number of halogens is 5. The number of nitrogens with zero attached hydrogens (tertiary/aromatic N) is 2. The first-order valence-corrected chi connectivity index (χ1v) is 11.5. The molecule has 0 aliphatic heterocycles. The average molecular weight is 547 g/mol. The number of aryl methyl sites for hydroxylation is 1. The summed E-state index contributed by atoms with van der Waals surface area (Å²) >= 11 is 9.32. The van der Waals surface area contributed by atoms with E-state index >= 15 is 0 Å². The number of hydrogen-bond donors (Lipinski definition) is 1. The Balaban J connectivity index is 1.27. The molecule has 0 radical (unpaired) electrons. The molecular weight excluding hydrogens is 527 g/mol. The Morgan fingerprint density at radius 1 is 1.24 bits per heavy atom. The molecular formula is C22H20BrClF3N3O3. The highest BCUT2D eigenvalue weighted by molar-refractivity contribution is 9.10. The van der Waals surface area contributed by atoms with E-state index in [0.29, 0.717) is 23.6 Å². The van der Waals surface area contributed by atoms with Crippen molar-refractivity contribution in [2.45, 2.75) is 44.5 Å². The van der Waals surface area contributed by atoms with Crippen LogP contribution in [0.15, 0.2) is 45.3 Å².